The van der Waals surface area contributed by atoms with Crippen molar-refractivity contribution in [2.45, 2.75) is 43.0 Å². The summed E-state index contributed by atoms with van der Waals surface area (Å²) < 4.78 is 24.1. The molecule has 0 spiro atoms. The first kappa shape index (κ1) is 24.5. The molecule has 3 aromatic rings. The Morgan fingerprint density at radius 3 is 2.06 bits per heavy atom. The van der Waals surface area contributed by atoms with E-state index in [4.69, 9.17) is 18.9 Å². The highest BCUT2D eigenvalue weighted by Crippen LogP contribution is 2.39. The molecule has 0 N–H and O–H groups in total. The van der Waals surface area contributed by atoms with Crippen LogP contribution in [-0.4, -0.2) is 42.6 Å². The number of hydrogen-bond acceptors (Lipinski definition) is 6. The monoisotopic (exact) mass is 478 g/mol. The number of rotatable bonds is 10. The van der Waals surface area contributed by atoms with Gasteiger partial charge in [0.15, 0.2) is 6.10 Å². The highest BCUT2D eigenvalue weighted by atomic mass is 32.2. The minimum Gasteiger partial charge on any atom is -0.452 e. The van der Waals surface area contributed by atoms with Crippen LogP contribution >= 0.6 is 11.8 Å². The normalized spacial score (nSPS) is 21.9. The molecule has 6 heteroatoms. The number of esters is 1. The van der Waals surface area contributed by atoms with E-state index < -0.39 is 6.10 Å². The molecule has 1 fully saturated rings. The fourth-order valence-electron chi connectivity index (χ4n) is 3.86. The summed E-state index contributed by atoms with van der Waals surface area (Å²) in [5, 5.41) is -0.0480. The number of carbonyl (C=O) groups excluding carboxylic acids is 1. The van der Waals surface area contributed by atoms with E-state index in [1.165, 1.54) is 0 Å². The van der Waals surface area contributed by atoms with Crippen molar-refractivity contribution in [2.24, 2.45) is 0 Å². The second kappa shape index (κ2) is 12.2. The Bertz CT molecular complexity index is 1030. The van der Waals surface area contributed by atoms with Crippen molar-refractivity contribution >= 4 is 17.7 Å². The molecular weight excluding hydrogens is 448 g/mol. The van der Waals surface area contributed by atoms with Crippen molar-refractivity contribution in [3.63, 3.8) is 0 Å². The van der Waals surface area contributed by atoms with Gasteiger partial charge in [0.25, 0.3) is 0 Å². The van der Waals surface area contributed by atoms with Gasteiger partial charge in [-0.25, -0.2) is 4.79 Å². The Morgan fingerprint density at radius 1 is 0.824 bits per heavy atom. The molecule has 0 aliphatic carbocycles. The fraction of sp³-hybridized carbons (Fsp3) is 0.321. The second-order valence-corrected chi connectivity index (χ2v) is 9.62. The molecule has 1 aliphatic rings. The molecule has 3 aromatic carbocycles. The van der Waals surface area contributed by atoms with Gasteiger partial charge in [-0.15, -0.1) is 11.8 Å². The lowest BCUT2D eigenvalue weighted by atomic mass is 10.1. The summed E-state index contributed by atoms with van der Waals surface area (Å²) in [7, 11) is 1.63. The Labute approximate surface area is 205 Å². The Morgan fingerprint density at radius 2 is 1.44 bits per heavy atom. The van der Waals surface area contributed by atoms with E-state index >= 15 is 0 Å². The predicted molar refractivity (Wildman–Crippen MR) is 134 cm³/mol. The van der Waals surface area contributed by atoms with Gasteiger partial charge in [0, 0.05) is 7.11 Å². The number of hydrogen-bond donors (Lipinski definition) is 0. The molecule has 0 amide bonds. The van der Waals surface area contributed by atoms with Gasteiger partial charge in [0.2, 0.25) is 0 Å². The highest BCUT2D eigenvalue weighted by molar-refractivity contribution is 8.00. The van der Waals surface area contributed by atoms with E-state index in [9.17, 15) is 4.79 Å². The molecule has 4 atom stereocenters. The summed E-state index contributed by atoms with van der Waals surface area (Å²) in [4.78, 5) is 12.9. The summed E-state index contributed by atoms with van der Waals surface area (Å²) in [6.45, 7) is 3.36. The lowest BCUT2D eigenvalue weighted by Crippen LogP contribution is -2.40. The number of aryl methyl sites for hydroxylation is 1. The minimum atomic E-state index is -0.558. The van der Waals surface area contributed by atoms with Gasteiger partial charge in [0.05, 0.1) is 30.6 Å². The average molecular weight is 479 g/mol. The number of methoxy groups -OCH3 is 1. The zero-order valence-corrected chi connectivity index (χ0v) is 20.3. The van der Waals surface area contributed by atoms with Crippen LogP contribution in [0.3, 0.4) is 0 Å². The maximum atomic E-state index is 12.9. The zero-order chi connectivity index (χ0) is 23.8. The Kier molecular flexibility index (Phi) is 8.77. The molecule has 34 heavy (non-hydrogen) atoms. The maximum absolute atomic E-state index is 12.9. The highest BCUT2D eigenvalue weighted by Gasteiger charge is 2.48. The van der Waals surface area contributed by atoms with Gasteiger partial charge in [0.1, 0.15) is 11.5 Å². The van der Waals surface area contributed by atoms with E-state index in [-0.39, 0.29) is 22.8 Å². The third kappa shape index (κ3) is 6.48. The van der Waals surface area contributed by atoms with Gasteiger partial charge in [-0.05, 0) is 30.2 Å². The third-order valence-corrected chi connectivity index (χ3v) is 7.19. The van der Waals surface area contributed by atoms with Crippen LogP contribution in [0.25, 0.3) is 0 Å². The molecule has 0 aromatic heterocycles. The predicted octanol–water partition coefficient (Wildman–Crippen LogP) is 5.41. The van der Waals surface area contributed by atoms with Gasteiger partial charge in [-0.1, -0.05) is 78.4 Å². The molecule has 4 rings (SSSR count). The van der Waals surface area contributed by atoms with Gasteiger partial charge < -0.3 is 18.9 Å². The van der Waals surface area contributed by atoms with E-state index in [1.807, 2.05) is 79.7 Å². The molecular formula is C28H30O5S. The summed E-state index contributed by atoms with van der Waals surface area (Å²) in [6.07, 6.45) is -0.932. The van der Waals surface area contributed by atoms with Crippen LogP contribution < -0.4 is 0 Å². The molecule has 0 unspecified atom stereocenters. The molecule has 5 nitrogen and oxygen atoms in total. The van der Waals surface area contributed by atoms with E-state index in [0.717, 1.165) is 16.7 Å². The van der Waals surface area contributed by atoms with Crippen LogP contribution in [0.5, 0.6) is 0 Å². The maximum Gasteiger partial charge on any atom is 0.338 e. The van der Waals surface area contributed by atoms with Crippen molar-refractivity contribution < 1.29 is 23.7 Å². The third-order valence-electron chi connectivity index (χ3n) is 5.71. The molecule has 1 aliphatic heterocycles. The SMILES string of the molecule is CO[C@H]1S[C@H](COCc2ccccc2)[C@@H](OCc2ccccc2)[C@@H]1OC(=O)c1ccc(C)cc1. The van der Waals surface area contributed by atoms with Gasteiger partial charge >= 0.3 is 5.97 Å². The first-order chi connectivity index (χ1) is 16.6. The lowest BCUT2D eigenvalue weighted by molar-refractivity contribution is -0.0862. The Balaban J connectivity index is 1.47. The summed E-state index contributed by atoms with van der Waals surface area (Å²) in [5.41, 5.74) is 3.41. The number of thioether (sulfide) groups is 1. The average Bonchev–Trinajstić information content (AvgIpc) is 3.20. The van der Waals surface area contributed by atoms with Crippen LogP contribution in [0.4, 0.5) is 0 Å². The number of benzene rings is 3. The fourth-order valence-corrected chi connectivity index (χ4v) is 5.24. The summed E-state index contributed by atoms with van der Waals surface area (Å²) >= 11 is 1.59. The van der Waals surface area contributed by atoms with Crippen molar-refractivity contribution in [3.05, 3.63) is 107 Å². The first-order valence-electron chi connectivity index (χ1n) is 11.4. The van der Waals surface area contributed by atoms with Crippen LogP contribution in [-0.2, 0) is 32.2 Å². The minimum absolute atomic E-state index is 0.0480. The summed E-state index contributed by atoms with van der Waals surface area (Å²) in [5.74, 6) is -0.383. The van der Waals surface area contributed by atoms with Crippen LogP contribution in [0.2, 0.25) is 0 Å². The van der Waals surface area contributed by atoms with Crippen molar-refractivity contribution in [3.8, 4) is 0 Å². The van der Waals surface area contributed by atoms with E-state index in [0.29, 0.717) is 25.4 Å². The Hall–Kier alpha value is -2.64. The largest absolute Gasteiger partial charge is 0.452 e. The van der Waals surface area contributed by atoms with Crippen molar-refractivity contribution in [1.29, 1.82) is 0 Å². The molecule has 178 valence electrons. The molecule has 0 radical (unpaired) electrons. The standard InChI is InChI=1S/C28H30O5S/c1-20-13-15-23(16-14-20)27(29)33-26-25(32-18-22-11-7-4-8-12-22)24(34-28(26)30-2)19-31-17-21-9-5-3-6-10-21/h3-16,24-26,28H,17-19H2,1-2H3/t24-,25-,26+,28+/m1/s1. The van der Waals surface area contributed by atoms with Crippen molar-refractivity contribution in [1.82, 2.24) is 0 Å². The molecule has 0 saturated carbocycles. The van der Waals surface area contributed by atoms with Gasteiger partial charge in [-0.2, -0.15) is 0 Å². The van der Waals surface area contributed by atoms with Crippen LogP contribution in [0.1, 0.15) is 27.0 Å². The first-order valence-corrected chi connectivity index (χ1v) is 12.3. The molecule has 1 saturated heterocycles. The zero-order valence-electron chi connectivity index (χ0n) is 19.5. The molecule has 1 heterocycles. The van der Waals surface area contributed by atoms with E-state index in [1.54, 1.807) is 31.0 Å². The molecule has 0 bridgehead atoms. The van der Waals surface area contributed by atoms with E-state index in [2.05, 4.69) is 0 Å². The smallest absolute Gasteiger partial charge is 0.338 e. The lowest BCUT2D eigenvalue weighted by Gasteiger charge is -2.25. The van der Waals surface area contributed by atoms with Crippen molar-refractivity contribution in [2.75, 3.05) is 13.7 Å². The van der Waals surface area contributed by atoms with Gasteiger partial charge in [-0.3, -0.25) is 0 Å². The van der Waals surface area contributed by atoms with Crippen LogP contribution in [0.15, 0.2) is 84.9 Å². The summed E-state index contributed by atoms with van der Waals surface area (Å²) in [6, 6.07) is 27.4. The topological polar surface area (TPSA) is 54.0 Å². The second-order valence-electron chi connectivity index (χ2n) is 8.28. The number of ether oxygens (including phenoxy) is 4. The number of carbonyl (C=O) groups is 1. The van der Waals surface area contributed by atoms with Crippen LogP contribution in [0, 0.1) is 6.92 Å². The quantitative estimate of drug-likeness (QED) is 0.363.